The van der Waals surface area contributed by atoms with Gasteiger partial charge in [-0.05, 0) is 36.1 Å². The fraction of sp³-hybridized carbons (Fsp3) is 0.538. The van der Waals surface area contributed by atoms with Crippen molar-refractivity contribution in [2.75, 3.05) is 13.7 Å². The number of ether oxygens (including phenoxy) is 1. The topological polar surface area (TPSA) is 21.3 Å². The summed E-state index contributed by atoms with van der Waals surface area (Å²) in [6.45, 7) is 4.05. The molecule has 1 aromatic carbocycles. The second-order valence-electron chi connectivity index (χ2n) is 4.13. The molecule has 0 spiro atoms. The zero-order valence-electron chi connectivity index (χ0n) is 9.55. The van der Waals surface area contributed by atoms with E-state index in [0.29, 0.717) is 12.6 Å². The van der Waals surface area contributed by atoms with E-state index in [4.69, 9.17) is 4.74 Å². The molecule has 0 fully saturated rings. The standard InChI is InChI=1S/C13H19NO/c1-3-13-12-8-10(9-15-2)4-5-11(12)6-7-14-13/h4-5,8,13-14H,3,6-7,9H2,1-2H3. The molecule has 1 N–H and O–H groups in total. The molecule has 2 rings (SSSR count). The zero-order valence-corrected chi connectivity index (χ0v) is 9.55. The van der Waals surface area contributed by atoms with Gasteiger partial charge in [-0.3, -0.25) is 0 Å². The van der Waals surface area contributed by atoms with Crippen molar-refractivity contribution < 1.29 is 4.74 Å². The van der Waals surface area contributed by atoms with Gasteiger partial charge in [-0.1, -0.05) is 25.1 Å². The van der Waals surface area contributed by atoms with E-state index >= 15 is 0 Å². The number of fused-ring (bicyclic) bond motifs is 1. The van der Waals surface area contributed by atoms with Crippen LogP contribution in [0.5, 0.6) is 0 Å². The fourth-order valence-corrected chi connectivity index (χ4v) is 2.31. The molecule has 15 heavy (non-hydrogen) atoms. The van der Waals surface area contributed by atoms with Gasteiger partial charge < -0.3 is 10.1 Å². The van der Waals surface area contributed by atoms with Gasteiger partial charge in [-0.25, -0.2) is 0 Å². The average Bonchev–Trinajstić information content (AvgIpc) is 2.28. The maximum Gasteiger partial charge on any atom is 0.0713 e. The van der Waals surface area contributed by atoms with Crippen LogP contribution in [-0.2, 0) is 17.8 Å². The monoisotopic (exact) mass is 205 g/mol. The van der Waals surface area contributed by atoms with Crippen molar-refractivity contribution in [3.63, 3.8) is 0 Å². The van der Waals surface area contributed by atoms with Gasteiger partial charge in [0.1, 0.15) is 0 Å². The van der Waals surface area contributed by atoms with Crippen molar-refractivity contribution in [3.05, 3.63) is 34.9 Å². The summed E-state index contributed by atoms with van der Waals surface area (Å²) in [5.41, 5.74) is 4.25. The molecule has 0 amide bonds. The lowest BCUT2D eigenvalue weighted by atomic mass is 9.91. The summed E-state index contributed by atoms with van der Waals surface area (Å²) in [7, 11) is 1.75. The molecule has 0 saturated heterocycles. The number of rotatable bonds is 3. The summed E-state index contributed by atoms with van der Waals surface area (Å²) in [4.78, 5) is 0. The van der Waals surface area contributed by atoms with Crippen molar-refractivity contribution in [1.82, 2.24) is 5.32 Å². The van der Waals surface area contributed by atoms with Gasteiger partial charge in [0.2, 0.25) is 0 Å². The number of hydrogen-bond acceptors (Lipinski definition) is 2. The van der Waals surface area contributed by atoms with Crippen LogP contribution in [0.15, 0.2) is 18.2 Å². The van der Waals surface area contributed by atoms with Gasteiger partial charge >= 0.3 is 0 Å². The van der Waals surface area contributed by atoms with Gasteiger partial charge in [0.15, 0.2) is 0 Å². The van der Waals surface area contributed by atoms with E-state index in [1.165, 1.54) is 16.7 Å². The maximum absolute atomic E-state index is 5.17. The molecule has 2 heteroatoms. The third-order valence-corrected chi connectivity index (χ3v) is 3.09. The fourth-order valence-electron chi connectivity index (χ4n) is 2.31. The Hall–Kier alpha value is -0.860. The summed E-state index contributed by atoms with van der Waals surface area (Å²) in [5, 5.41) is 3.55. The highest BCUT2D eigenvalue weighted by atomic mass is 16.5. The summed E-state index contributed by atoms with van der Waals surface area (Å²) in [6, 6.07) is 7.26. The minimum absolute atomic E-state index is 0.533. The van der Waals surface area contributed by atoms with Crippen LogP contribution in [0.1, 0.15) is 36.1 Å². The number of methoxy groups -OCH3 is 1. The summed E-state index contributed by atoms with van der Waals surface area (Å²) >= 11 is 0. The Morgan fingerprint density at radius 1 is 1.47 bits per heavy atom. The van der Waals surface area contributed by atoms with Gasteiger partial charge in [0.05, 0.1) is 6.61 Å². The second kappa shape index (κ2) is 4.77. The van der Waals surface area contributed by atoms with Crippen LogP contribution >= 0.6 is 0 Å². The Balaban J connectivity index is 2.30. The zero-order chi connectivity index (χ0) is 10.7. The quantitative estimate of drug-likeness (QED) is 0.818. The lowest BCUT2D eigenvalue weighted by molar-refractivity contribution is 0.184. The molecule has 0 radical (unpaired) electrons. The molecule has 2 nitrogen and oxygen atoms in total. The van der Waals surface area contributed by atoms with Crippen molar-refractivity contribution in [1.29, 1.82) is 0 Å². The summed E-state index contributed by atoms with van der Waals surface area (Å²) < 4.78 is 5.17. The van der Waals surface area contributed by atoms with Crippen molar-refractivity contribution >= 4 is 0 Å². The van der Waals surface area contributed by atoms with Crippen molar-refractivity contribution in [2.45, 2.75) is 32.4 Å². The highest BCUT2D eigenvalue weighted by molar-refractivity contribution is 5.36. The molecule has 1 aromatic rings. The molecule has 1 aliphatic heterocycles. The van der Waals surface area contributed by atoms with Crippen LogP contribution in [0.25, 0.3) is 0 Å². The van der Waals surface area contributed by atoms with Crippen molar-refractivity contribution in [2.24, 2.45) is 0 Å². The van der Waals surface area contributed by atoms with Crippen LogP contribution in [0, 0.1) is 0 Å². The molecule has 0 aromatic heterocycles. The Labute approximate surface area is 91.6 Å². The first-order chi connectivity index (χ1) is 7.35. The summed E-state index contributed by atoms with van der Waals surface area (Å²) in [5.74, 6) is 0. The largest absolute Gasteiger partial charge is 0.380 e. The molecule has 1 heterocycles. The van der Waals surface area contributed by atoms with E-state index in [-0.39, 0.29) is 0 Å². The smallest absolute Gasteiger partial charge is 0.0713 e. The molecular formula is C13H19NO. The van der Waals surface area contributed by atoms with Crippen LogP contribution in [0.4, 0.5) is 0 Å². The van der Waals surface area contributed by atoms with Crippen molar-refractivity contribution in [3.8, 4) is 0 Å². The Morgan fingerprint density at radius 2 is 2.33 bits per heavy atom. The highest BCUT2D eigenvalue weighted by Crippen LogP contribution is 2.26. The van der Waals surface area contributed by atoms with Gasteiger partial charge in [-0.2, -0.15) is 0 Å². The minimum atomic E-state index is 0.533. The lowest BCUT2D eigenvalue weighted by Gasteiger charge is -2.26. The minimum Gasteiger partial charge on any atom is -0.380 e. The maximum atomic E-state index is 5.17. The average molecular weight is 205 g/mol. The molecule has 0 saturated carbocycles. The molecule has 0 bridgehead atoms. The highest BCUT2D eigenvalue weighted by Gasteiger charge is 2.17. The van der Waals surface area contributed by atoms with Crippen LogP contribution in [-0.4, -0.2) is 13.7 Å². The van der Waals surface area contributed by atoms with Crippen LogP contribution in [0.2, 0.25) is 0 Å². The summed E-state index contributed by atoms with van der Waals surface area (Å²) in [6.07, 6.45) is 2.31. The van der Waals surface area contributed by atoms with Gasteiger partial charge in [-0.15, -0.1) is 0 Å². The van der Waals surface area contributed by atoms with Crippen LogP contribution in [0.3, 0.4) is 0 Å². The predicted molar refractivity (Wildman–Crippen MR) is 61.9 cm³/mol. The molecule has 0 aliphatic carbocycles. The second-order valence-corrected chi connectivity index (χ2v) is 4.13. The van der Waals surface area contributed by atoms with E-state index in [9.17, 15) is 0 Å². The first-order valence-electron chi connectivity index (χ1n) is 5.69. The number of benzene rings is 1. The SMILES string of the molecule is CCC1NCCc2ccc(COC)cc21. The molecule has 1 atom stereocenters. The van der Waals surface area contributed by atoms with E-state index in [1.54, 1.807) is 7.11 Å². The van der Waals surface area contributed by atoms with E-state index in [2.05, 4.69) is 30.4 Å². The third kappa shape index (κ3) is 2.21. The number of nitrogens with one attached hydrogen (secondary N) is 1. The first kappa shape index (κ1) is 10.7. The number of hydrogen-bond donors (Lipinski definition) is 1. The Kier molecular flexibility index (Phi) is 3.39. The normalized spacial score (nSPS) is 20.0. The van der Waals surface area contributed by atoms with Gasteiger partial charge in [0.25, 0.3) is 0 Å². The van der Waals surface area contributed by atoms with E-state index in [0.717, 1.165) is 19.4 Å². The molecule has 1 unspecified atom stereocenters. The lowest BCUT2D eigenvalue weighted by Crippen LogP contribution is -2.29. The van der Waals surface area contributed by atoms with Crippen LogP contribution < -0.4 is 5.32 Å². The molecule has 82 valence electrons. The Bertz CT molecular complexity index is 335. The molecule has 1 aliphatic rings. The first-order valence-corrected chi connectivity index (χ1v) is 5.69. The third-order valence-electron chi connectivity index (χ3n) is 3.09. The molecular weight excluding hydrogens is 186 g/mol. The van der Waals surface area contributed by atoms with E-state index in [1.807, 2.05) is 0 Å². The predicted octanol–water partition coefficient (Wildman–Crippen LogP) is 2.43. The van der Waals surface area contributed by atoms with E-state index < -0.39 is 0 Å². The Morgan fingerprint density at radius 3 is 3.07 bits per heavy atom. The van der Waals surface area contributed by atoms with Gasteiger partial charge in [0, 0.05) is 13.2 Å².